The Labute approximate surface area is 88.9 Å². The molecule has 1 fully saturated rings. The highest BCUT2D eigenvalue weighted by Gasteiger charge is 2.34. The van der Waals surface area contributed by atoms with Gasteiger partial charge in [0.1, 0.15) is 5.82 Å². The summed E-state index contributed by atoms with van der Waals surface area (Å²) in [5.74, 6) is 0.0496. The number of hydrogen-bond acceptors (Lipinski definition) is 2. The molecule has 0 amide bonds. The van der Waals surface area contributed by atoms with E-state index in [0.717, 1.165) is 18.4 Å². The molecule has 2 rings (SSSR count). The molecule has 0 unspecified atom stereocenters. The van der Waals surface area contributed by atoms with Crippen molar-refractivity contribution < 1.29 is 9.50 Å². The Kier molecular flexibility index (Phi) is 2.76. The lowest BCUT2D eigenvalue weighted by atomic mass is 9.95. The molecule has 1 aliphatic rings. The van der Waals surface area contributed by atoms with Crippen LogP contribution in [-0.2, 0) is 0 Å². The molecule has 0 aromatic heterocycles. The van der Waals surface area contributed by atoms with Gasteiger partial charge in [0.05, 0.1) is 12.1 Å². The van der Waals surface area contributed by atoms with Crippen molar-refractivity contribution in [1.29, 1.82) is 0 Å². The van der Waals surface area contributed by atoms with E-state index < -0.39 is 12.1 Å². The number of nitrogens with two attached hydrogens (primary N) is 1. The van der Waals surface area contributed by atoms with Crippen molar-refractivity contribution in [3.8, 4) is 0 Å². The molecule has 1 aromatic rings. The van der Waals surface area contributed by atoms with Gasteiger partial charge in [-0.25, -0.2) is 4.39 Å². The summed E-state index contributed by atoms with van der Waals surface area (Å²) in [6, 6.07) is 4.37. The molecule has 0 saturated heterocycles. The minimum Gasteiger partial charge on any atom is -0.391 e. The molecule has 15 heavy (non-hydrogen) atoms. The second-order valence-electron chi connectivity index (χ2n) is 4.31. The van der Waals surface area contributed by atoms with Crippen molar-refractivity contribution in [2.45, 2.75) is 31.9 Å². The van der Waals surface area contributed by atoms with Crippen molar-refractivity contribution in [3.05, 3.63) is 35.1 Å². The van der Waals surface area contributed by atoms with Gasteiger partial charge in [0.15, 0.2) is 0 Å². The zero-order valence-electron chi connectivity index (χ0n) is 8.78. The lowest BCUT2D eigenvalue weighted by molar-refractivity contribution is 0.122. The zero-order chi connectivity index (χ0) is 11.0. The van der Waals surface area contributed by atoms with Gasteiger partial charge in [-0.2, -0.15) is 0 Å². The van der Waals surface area contributed by atoms with Crippen LogP contribution in [0.2, 0.25) is 0 Å². The van der Waals surface area contributed by atoms with E-state index in [4.69, 9.17) is 5.73 Å². The van der Waals surface area contributed by atoms with Crippen LogP contribution in [-0.4, -0.2) is 11.2 Å². The third-order valence-electron chi connectivity index (χ3n) is 3.14. The first-order valence-corrected chi connectivity index (χ1v) is 5.30. The lowest BCUT2D eigenvalue weighted by Gasteiger charge is -2.20. The third-order valence-corrected chi connectivity index (χ3v) is 3.14. The van der Waals surface area contributed by atoms with Crippen LogP contribution in [0, 0.1) is 18.7 Å². The van der Waals surface area contributed by atoms with Crippen LogP contribution in [0.1, 0.15) is 30.0 Å². The van der Waals surface area contributed by atoms with Gasteiger partial charge in [-0.05, 0) is 42.9 Å². The van der Waals surface area contributed by atoms with E-state index in [2.05, 4.69) is 0 Å². The highest BCUT2D eigenvalue weighted by Crippen LogP contribution is 2.37. The fourth-order valence-electron chi connectivity index (χ4n) is 1.90. The Morgan fingerprint density at radius 3 is 2.73 bits per heavy atom. The Morgan fingerprint density at radius 1 is 1.47 bits per heavy atom. The molecule has 3 heteroatoms. The van der Waals surface area contributed by atoms with E-state index in [-0.39, 0.29) is 5.82 Å². The predicted octanol–water partition coefficient (Wildman–Crippen LogP) is 1.90. The van der Waals surface area contributed by atoms with Crippen LogP contribution in [0.5, 0.6) is 0 Å². The van der Waals surface area contributed by atoms with Crippen LogP contribution in [0.3, 0.4) is 0 Å². The Morgan fingerprint density at radius 2 is 2.13 bits per heavy atom. The number of rotatable bonds is 3. The summed E-state index contributed by atoms with van der Waals surface area (Å²) in [6.45, 7) is 1.70. The maximum atomic E-state index is 13.3. The number of aliphatic hydroxyl groups is 1. The molecule has 1 aromatic carbocycles. The van der Waals surface area contributed by atoms with E-state index >= 15 is 0 Å². The van der Waals surface area contributed by atoms with Crippen molar-refractivity contribution in [2.24, 2.45) is 11.7 Å². The van der Waals surface area contributed by atoms with Crippen LogP contribution in [0.25, 0.3) is 0 Å². The average Bonchev–Trinajstić information content (AvgIpc) is 3.03. The summed E-state index contributed by atoms with van der Waals surface area (Å²) in [5, 5.41) is 9.88. The highest BCUT2D eigenvalue weighted by molar-refractivity contribution is 5.31. The fraction of sp³-hybridized carbons (Fsp3) is 0.500. The molecule has 0 bridgehead atoms. The molecule has 2 atom stereocenters. The molecule has 0 aliphatic heterocycles. The second kappa shape index (κ2) is 3.91. The van der Waals surface area contributed by atoms with Gasteiger partial charge in [0.25, 0.3) is 0 Å². The molecule has 0 spiro atoms. The first-order chi connectivity index (χ1) is 7.11. The first kappa shape index (κ1) is 10.6. The second-order valence-corrected chi connectivity index (χ2v) is 4.31. The quantitative estimate of drug-likeness (QED) is 0.798. The molecule has 0 heterocycles. The first-order valence-electron chi connectivity index (χ1n) is 5.30. The van der Waals surface area contributed by atoms with Gasteiger partial charge in [0, 0.05) is 0 Å². The fourth-order valence-corrected chi connectivity index (χ4v) is 1.90. The number of benzene rings is 1. The number of aliphatic hydroxyl groups excluding tert-OH is 1. The van der Waals surface area contributed by atoms with Gasteiger partial charge in [-0.1, -0.05) is 12.1 Å². The van der Waals surface area contributed by atoms with Crippen molar-refractivity contribution >= 4 is 0 Å². The van der Waals surface area contributed by atoms with Crippen molar-refractivity contribution in [1.82, 2.24) is 0 Å². The van der Waals surface area contributed by atoms with Crippen LogP contribution < -0.4 is 5.73 Å². The van der Waals surface area contributed by atoms with E-state index in [1.165, 1.54) is 6.07 Å². The average molecular weight is 209 g/mol. The van der Waals surface area contributed by atoms with Gasteiger partial charge in [0.2, 0.25) is 0 Å². The van der Waals surface area contributed by atoms with Crippen LogP contribution in [0.15, 0.2) is 18.2 Å². The minimum atomic E-state index is -0.537. The maximum absolute atomic E-state index is 13.3. The minimum absolute atomic E-state index is 0.258. The lowest BCUT2D eigenvalue weighted by Crippen LogP contribution is -2.28. The van der Waals surface area contributed by atoms with E-state index in [1.807, 2.05) is 0 Å². The van der Waals surface area contributed by atoms with E-state index in [0.29, 0.717) is 11.5 Å². The molecule has 3 N–H and O–H groups in total. The normalized spacial score (nSPS) is 20.0. The summed E-state index contributed by atoms with van der Waals surface area (Å²) in [6.07, 6.45) is 1.53. The highest BCUT2D eigenvalue weighted by atomic mass is 19.1. The van der Waals surface area contributed by atoms with Gasteiger partial charge < -0.3 is 10.8 Å². The summed E-state index contributed by atoms with van der Waals surface area (Å²) in [7, 11) is 0. The Balaban J connectivity index is 2.24. The van der Waals surface area contributed by atoms with Gasteiger partial charge >= 0.3 is 0 Å². The molecule has 1 aliphatic carbocycles. The summed E-state index contributed by atoms with van der Waals surface area (Å²) in [4.78, 5) is 0. The topological polar surface area (TPSA) is 46.2 Å². The van der Waals surface area contributed by atoms with E-state index in [9.17, 15) is 9.50 Å². The van der Waals surface area contributed by atoms with Crippen LogP contribution >= 0.6 is 0 Å². The molecule has 82 valence electrons. The van der Waals surface area contributed by atoms with Gasteiger partial charge in [-0.3, -0.25) is 0 Å². The van der Waals surface area contributed by atoms with Crippen molar-refractivity contribution in [2.75, 3.05) is 0 Å². The SMILES string of the molecule is Cc1c(F)cccc1[C@@H](N)[C@@H](O)C1CC1. The number of hydrogen-bond donors (Lipinski definition) is 2. The number of halogens is 1. The molecule has 0 radical (unpaired) electrons. The molecule has 1 saturated carbocycles. The summed E-state index contributed by atoms with van der Waals surface area (Å²) < 4.78 is 13.3. The molecular formula is C12H16FNO. The van der Waals surface area contributed by atoms with Gasteiger partial charge in [-0.15, -0.1) is 0 Å². The summed E-state index contributed by atoms with van der Waals surface area (Å²) in [5.41, 5.74) is 7.20. The zero-order valence-corrected chi connectivity index (χ0v) is 8.78. The monoisotopic (exact) mass is 209 g/mol. The third kappa shape index (κ3) is 2.03. The predicted molar refractivity (Wildman–Crippen MR) is 56.8 cm³/mol. The van der Waals surface area contributed by atoms with E-state index in [1.54, 1.807) is 19.1 Å². The molecule has 2 nitrogen and oxygen atoms in total. The smallest absolute Gasteiger partial charge is 0.126 e. The van der Waals surface area contributed by atoms with Crippen LogP contribution in [0.4, 0.5) is 4.39 Å². The largest absolute Gasteiger partial charge is 0.391 e. The Hall–Kier alpha value is -0.930. The summed E-state index contributed by atoms with van der Waals surface area (Å²) >= 11 is 0. The van der Waals surface area contributed by atoms with Crippen molar-refractivity contribution in [3.63, 3.8) is 0 Å². The standard InChI is InChI=1S/C12H16FNO/c1-7-9(3-2-4-10(7)13)11(14)12(15)8-5-6-8/h2-4,8,11-12,15H,5-6,14H2,1H3/t11-,12+/m1/s1. The molecular weight excluding hydrogens is 193 g/mol. The Bertz CT molecular complexity index is 363. The maximum Gasteiger partial charge on any atom is 0.126 e.